The predicted octanol–water partition coefficient (Wildman–Crippen LogP) is 5.19. The van der Waals surface area contributed by atoms with Crippen LogP contribution in [0.25, 0.3) is 0 Å². The molecule has 0 spiro atoms. The number of hydrogen-bond donors (Lipinski definition) is 0. The Bertz CT molecular complexity index is 362. The number of hydrogen-bond acceptors (Lipinski definition) is 1. The maximum atomic E-state index is 5.96. The van der Waals surface area contributed by atoms with Crippen LogP contribution in [0.4, 0.5) is 0 Å². The van der Waals surface area contributed by atoms with Crippen LogP contribution >= 0.6 is 0 Å². The third kappa shape index (κ3) is 5.12. The van der Waals surface area contributed by atoms with Crippen molar-refractivity contribution in [2.45, 2.75) is 66.4 Å². The second kappa shape index (κ2) is 5.34. The van der Waals surface area contributed by atoms with Crippen molar-refractivity contribution in [3.8, 4) is 5.75 Å². The molecule has 0 aromatic heterocycles. The van der Waals surface area contributed by atoms with Crippen LogP contribution < -0.4 is 4.74 Å². The van der Waals surface area contributed by atoms with E-state index >= 15 is 0 Å². The van der Waals surface area contributed by atoms with Gasteiger partial charge in [-0.2, -0.15) is 0 Å². The lowest BCUT2D eigenvalue weighted by Crippen LogP contribution is -2.20. The number of rotatable bonds is 3. The maximum absolute atomic E-state index is 5.96. The average molecular weight is 248 g/mol. The standard InChI is InChI=1S/C17H28O/c1-13(12-16(2,3)4)18-15-10-8-14(9-11-15)17(5,6)7/h8-11,13H,12H2,1-7H3. The van der Waals surface area contributed by atoms with Gasteiger partial charge >= 0.3 is 0 Å². The highest BCUT2D eigenvalue weighted by molar-refractivity contribution is 5.31. The van der Waals surface area contributed by atoms with Gasteiger partial charge < -0.3 is 4.74 Å². The predicted molar refractivity (Wildman–Crippen MR) is 79.3 cm³/mol. The van der Waals surface area contributed by atoms with E-state index in [9.17, 15) is 0 Å². The van der Waals surface area contributed by atoms with Gasteiger partial charge in [0.05, 0.1) is 6.10 Å². The van der Waals surface area contributed by atoms with Crippen LogP contribution in [0.3, 0.4) is 0 Å². The van der Waals surface area contributed by atoms with Crippen molar-refractivity contribution >= 4 is 0 Å². The van der Waals surface area contributed by atoms with E-state index in [1.165, 1.54) is 5.56 Å². The van der Waals surface area contributed by atoms with Gasteiger partial charge in [-0.1, -0.05) is 53.7 Å². The fraction of sp³-hybridized carbons (Fsp3) is 0.647. The van der Waals surface area contributed by atoms with Crippen LogP contribution in [-0.2, 0) is 5.41 Å². The molecule has 0 heterocycles. The molecule has 1 aromatic rings. The van der Waals surface area contributed by atoms with Crippen molar-refractivity contribution < 1.29 is 4.74 Å². The summed E-state index contributed by atoms with van der Waals surface area (Å²) < 4.78 is 5.96. The molecule has 0 N–H and O–H groups in total. The highest BCUT2D eigenvalue weighted by Gasteiger charge is 2.17. The SMILES string of the molecule is CC(CC(C)(C)C)Oc1ccc(C(C)(C)C)cc1. The van der Waals surface area contributed by atoms with Crippen LogP contribution in [0.1, 0.15) is 60.5 Å². The van der Waals surface area contributed by atoms with Gasteiger partial charge in [0.25, 0.3) is 0 Å². The van der Waals surface area contributed by atoms with Crippen LogP contribution in [-0.4, -0.2) is 6.10 Å². The first-order chi connectivity index (χ1) is 8.08. The molecule has 0 saturated carbocycles. The first-order valence-corrected chi connectivity index (χ1v) is 6.85. The number of ether oxygens (including phenoxy) is 1. The maximum Gasteiger partial charge on any atom is 0.119 e. The Kier molecular flexibility index (Phi) is 4.47. The lowest BCUT2D eigenvalue weighted by Gasteiger charge is -2.24. The Morgan fingerprint density at radius 2 is 1.44 bits per heavy atom. The second-order valence-electron chi connectivity index (χ2n) is 7.47. The summed E-state index contributed by atoms with van der Waals surface area (Å²) in [7, 11) is 0. The molecule has 1 heteroatoms. The van der Waals surface area contributed by atoms with Crippen molar-refractivity contribution in [2.24, 2.45) is 5.41 Å². The highest BCUT2D eigenvalue weighted by atomic mass is 16.5. The van der Waals surface area contributed by atoms with E-state index in [1.807, 2.05) is 0 Å². The minimum absolute atomic E-state index is 0.204. The molecule has 0 aliphatic heterocycles. The minimum Gasteiger partial charge on any atom is -0.491 e. The minimum atomic E-state index is 0.204. The largest absolute Gasteiger partial charge is 0.491 e. The molecule has 0 fully saturated rings. The molecule has 1 atom stereocenters. The molecule has 0 bridgehead atoms. The topological polar surface area (TPSA) is 9.23 Å². The van der Waals surface area contributed by atoms with Gasteiger partial charge in [-0.25, -0.2) is 0 Å². The van der Waals surface area contributed by atoms with Gasteiger partial charge in [0.15, 0.2) is 0 Å². The van der Waals surface area contributed by atoms with Crippen molar-refractivity contribution in [3.63, 3.8) is 0 Å². The van der Waals surface area contributed by atoms with Gasteiger partial charge in [0.2, 0.25) is 0 Å². The Labute approximate surface area is 113 Å². The first kappa shape index (κ1) is 15.1. The van der Waals surface area contributed by atoms with Gasteiger partial charge in [-0.3, -0.25) is 0 Å². The van der Waals surface area contributed by atoms with E-state index in [2.05, 4.69) is 72.7 Å². The molecule has 102 valence electrons. The van der Waals surface area contributed by atoms with E-state index in [0.717, 1.165) is 12.2 Å². The molecule has 0 aliphatic rings. The van der Waals surface area contributed by atoms with Gasteiger partial charge in [0.1, 0.15) is 5.75 Å². The molecular weight excluding hydrogens is 220 g/mol. The summed E-state index contributed by atoms with van der Waals surface area (Å²) in [6.07, 6.45) is 1.32. The van der Waals surface area contributed by atoms with E-state index < -0.39 is 0 Å². The lowest BCUT2D eigenvalue weighted by atomic mass is 9.87. The second-order valence-corrected chi connectivity index (χ2v) is 7.47. The lowest BCUT2D eigenvalue weighted by molar-refractivity contribution is 0.160. The van der Waals surface area contributed by atoms with Crippen molar-refractivity contribution in [1.29, 1.82) is 0 Å². The summed E-state index contributed by atoms with van der Waals surface area (Å²) in [4.78, 5) is 0. The zero-order chi connectivity index (χ0) is 14.0. The van der Waals surface area contributed by atoms with E-state index in [1.54, 1.807) is 0 Å². The molecular formula is C17H28O. The highest BCUT2D eigenvalue weighted by Crippen LogP contribution is 2.27. The van der Waals surface area contributed by atoms with Gasteiger partial charge in [-0.15, -0.1) is 0 Å². The average Bonchev–Trinajstić information content (AvgIpc) is 2.13. The van der Waals surface area contributed by atoms with E-state index in [4.69, 9.17) is 4.74 Å². The van der Waals surface area contributed by atoms with Gasteiger partial charge in [0, 0.05) is 0 Å². The van der Waals surface area contributed by atoms with E-state index in [-0.39, 0.29) is 11.5 Å². The first-order valence-electron chi connectivity index (χ1n) is 6.85. The Morgan fingerprint density at radius 3 is 1.83 bits per heavy atom. The summed E-state index contributed by atoms with van der Waals surface area (Å²) in [5, 5.41) is 0. The van der Waals surface area contributed by atoms with Crippen LogP contribution in [0, 0.1) is 5.41 Å². The molecule has 1 rings (SSSR count). The monoisotopic (exact) mass is 248 g/mol. The molecule has 0 radical (unpaired) electrons. The van der Waals surface area contributed by atoms with Crippen LogP contribution in [0.2, 0.25) is 0 Å². The van der Waals surface area contributed by atoms with Crippen molar-refractivity contribution in [3.05, 3.63) is 29.8 Å². The molecule has 1 nitrogen and oxygen atoms in total. The van der Waals surface area contributed by atoms with Crippen LogP contribution in [0.5, 0.6) is 5.75 Å². The summed E-state index contributed by atoms with van der Waals surface area (Å²) in [6, 6.07) is 8.50. The molecule has 1 unspecified atom stereocenters. The number of benzene rings is 1. The quantitative estimate of drug-likeness (QED) is 0.715. The third-order valence-electron chi connectivity index (χ3n) is 2.96. The molecule has 0 aliphatic carbocycles. The summed E-state index contributed by atoms with van der Waals surface area (Å²) in [5.74, 6) is 0.972. The fourth-order valence-electron chi connectivity index (χ4n) is 2.17. The Balaban J connectivity index is 2.64. The van der Waals surface area contributed by atoms with E-state index in [0.29, 0.717) is 5.41 Å². The molecule has 0 saturated heterocycles. The smallest absolute Gasteiger partial charge is 0.119 e. The van der Waals surface area contributed by atoms with Gasteiger partial charge in [-0.05, 0) is 41.9 Å². The zero-order valence-electron chi connectivity index (χ0n) is 13.0. The molecule has 18 heavy (non-hydrogen) atoms. The molecule has 1 aromatic carbocycles. The summed E-state index contributed by atoms with van der Waals surface area (Å²) in [5.41, 5.74) is 1.86. The zero-order valence-corrected chi connectivity index (χ0v) is 13.0. The van der Waals surface area contributed by atoms with Crippen molar-refractivity contribution in [2.75, 3.05) is 0 Å². The van der Waals surface area contributed by atoms with Crippen molar-refractivity contribution in [1.82, 2.24) is 0 Å². The molecule has 0 amide bonds. The summed E-state index contributed by atoms with van der Waals surface area (Å²) in [6.45, 7) is 15.6. The fourth-order valence-corrected chi connectivity index (χ4v) is 2.17. The Morgan fingerprint density at radius 1 is 0.944 bits per heavy atom. The third-order valence-corrected chi connectivity index (χ3v) is 2.96. The van der Waals surface area contributed by atoms with Crippen LogP contribution in [0.15, 0.2) is 24.3 Å². The Hall–Kier alpha value is -0.980. The normalized spacial score (nSPS) is 14.4. The summed E-state index contributed by atoms with van der Waals surface area (Å²) >= 11 is 0.